The molecule has 1 unspecified atom stereocenters. The Hall–Kier alpha value is -1.40. The highest BCUT2D eigenvalue weighted by Crippen LogP contribution is 2.19. The Labute approximate surface area is 108 Å². The summed E-state index contributed by atoms with van der Waals surface area (Å²) in [5.74, 6) is 7.39. The molecule has 1 heterocycles. The number of nitrogens with zero attached hydrogens (tertiary/aromatic N) is 2. The van der Waals surface area contributed by atoms with E-state index in [2.05, 4.69) is 27.6 Å². The molecule has 0 aliphatic rings. The van der Waals surface area contributed by atoms with Crippen molar-refractivity contribution in [2.75, 3.05) is 17.3 Å². The molecule has 0 radical (unpaired) electrons. The predicted octanol–water partition coefficient (Wildman–Crippen LogP) is 1.29. The fraction of sp³-hybridized carbons (Fsp3) is 0.667. The Morgan fingerprint density at radius 1 is 1.33 bits per heavy atom. The number of aliphatic hydroxyl groups is 1. The number of aromatic nitrogens is 2. The van der Waals surface area contributed by atoms with Gasteiger partial charge in [0.25, 0.3) is 0 Å². The van der Waals surface area contributed by atoms with Crippen LogP contribution in [0.2, 0.25) is 0 Å². The number of nitrogen functional groups attached to an aromatic ring is 1. The molecule has 6 nitrogen and oxygen atoms in total. The summed E-state index contributed by atoms with van der Waals surface area (Å²) in [6.07, 6.45) is 2.56. The molecule has 0 bridgehead atoms. The first kappa shape index (κ1) is 14.7. The second-order valence-electron chi connectivity index (χ2n) is 4.65. The van der Waals surface area contributed by atoms with Gasteiger partial charge in [-0.1, -0.05) is 13.8 Å². The number of hydrogen-bond acceptors (Lipinski definition) is 6. The average molecular weight is 253 g/mol. The lowest BCUT2D eigenvalue weighted by Gasteiger charge is -2.28. The van der Waals surface area contributed by atoms with Crippen molar-refractivity contribution in [3.8, 4) is 0 Å². The Bertz CT molecular complexity index is 379. The third kappa shape index (κ3) is 3.82. The van der Waals surface area contributed by atoms with Crippen molar-refractivity contribution in [3.63, 3.8) is 0 Å². The third-order valence-corrected chi connectivity index (χ3v) is 2.95. The molecule has 0 saturated carbocycles. The minimum Gasteiger partial charge on any atom is -0.394 e. The van der Waals surface area contributed by atoms with Crippen LogP contribution >= 0.6 is 0 Å². The minimum absolute atomic E-state index is 0.0437. The van der Waals surface area contributed by atoms with Gasteiger partial charge in [0.2, 0.25) is 0 Å². The lowest BCUT2D eigenvalue weighted by molar-refractivity contribution is 0.218. The van der Waals surface area contributed by atoms with Crippen molar-refractivity contribution in [1.82, 2.24) is 9.97 Å². The molecule has 18 heavy (non-hydrogen) atoms. The summed E-state index contributed by atoms with van der Waals surface area (Å²) < 4.78 is 0. The Balaban J connectivity index is 2.96. The molecule has 1 rings (SSSR count). The van der Waals surface area contributed by atoms with E-state index in [1.54, 1.807) is 6.07 Å². The minimum atomic E-state index is -0.385. The highest BCUT2D eigenvalue weighted by atomic mass is 16.3. The molecule has 1 aromatic rings. The van der Waals surface area contributed by atoms with Crippen LogP contribution in [-0.2, 0) is 6.42 Å². The van der Waals surface area contributed by atoms with E-state index in [-0.39, 0.29) is 12.1 Å². The second-order valence-corrected chi connectivity index (χ2v) is 4.65. The average Bonchev–Trinajstić information content (AvgIpc) is 2.38. The maximum Gasteiger partial charge on any atom is 0.145 e. The molecule has 0 aliphatic heterocycles. The Kier molecular flexibility index (Phi) is 5.30. The molecular formula is C12H23N5O. The topological polar surface area (TPSA) is 96.1 Å². The number of aryl methyl sites for hydroxylation is 1. The van der Waals surface area contributed by atoms with Crippen molar-refractivity contribution in [2.45, 2.75) is 45.6 Å². The van der Waals surface area contributed by atoms with Gasteiger partial charge in [0, 0.05) is 12.5 Å². The number of hydrazine groups is 1. The molecule has 0 spiro atoms. The van der Waals surface area contributed by atoms with E-state index >= 15 is 0 Å². The molecule has 6 heteroatoms. The Morgan fingerprint density at radius 3 is 2.50 bits per heavy atom. The van der Waals surface area contributed by atoms with E-state index in [0.29, 0.717) is 11.6 Å². The zero-order valence-corrected chi connectivity index (χ0v) is 11.3. The summed E-state index contributed by atoms with van der Waals surface area (Å²) in [6, 6.07) is 1.74. The fourth-order valence-corrected chi connectivity index (χ4v) is 1.52. The molecule has 5 N–H and O–H groups in total. The van der Waals surface area contributed by atoms with Crippen LogP contribution in [0.25, 0.3) is 0 Å². The lowest BCUT2D eigenvalue weighted by atomic mass is 10.0. The van der Waals surface area contributed by atoms with Crippen LogP contribution in [0, 0.1) is 0 Å². The maximum atomic E-state index is 9.40. The van der Waals surface area contributed by atoms with E-state index in [4.69, 9.17) is 5.84 Å². The smallest absolute Gasteiger partial charge is 0.145 e. The van der Waals surface area contributed by atoms with Crippen LogP contribution in [0.4, 0.5) is 11.6 Å². The number of nitrogens with two attached hydrogens (primary N) is 1. The maximum absolute atomic E-state index is 9.40. The van der Waals surface area contributed by atoms with E-state index in [1.807, 2.05) is 13.8 Å². The van der Waals surface area contributed by atoms with Gasteiger partial charge in [-0.05, 0) is 19.8 Å². The number of hydrogen-bond donors (Lipinski definition) is 4. The van der Waals surface area contributed by atoms with Crippen molar-refractivity contribution < 1.29 is 5.11 Å². The van der Waals surface area contributed by atoms with Crippen molar-refractivity contribution in [3.05, 3.63) is 11.9 Å². The summed E-state index contributed by atoms with van der Waals surface area (Å²) in [5, 5.41) is 12.6. The second kappa shape index (κ2) is 6.51. The fourth-order valence-electron chi connectivity index (χ4n) is 1.52. The Morgan fingerprint density at radius 2 is 2.00 bits per heavy atom. The summed E-state index contributed by atoms with van der Waals surface area (Å²) in [5.41, 5.74) is 2.15. The highest BCUT2D eigenvalue weighted by molar-refractivity contribution is 5.48. The molecule has 0 saturated heterocycles. The van der Waals surface area contributed by atoms with Crippen LogP contribution in [0.15, 0.2) is 6.07 Å². The van der Waals surface area contributed by atoms with Gasteiger partial charge < -0.3 is 15.8 Å². The molecule has 0 aliphatic carbocycles. The zero-order chi connectivity index (χ0) is 13.6. The quantitative estimate of drug-likeness (QED) is 0.432. The molecule has 1 atom stereocenters. The van der Waals surface area contributed by atoms with Gasteiger partial charge in [-0.3, -0.25) is 0 Å². The SMILES string of the molecule is CCCc1nc(NN)cc(NC(C)(CC)CO)n1. The van der Waals surface area contributed by atoms with Crippen LogP contribution < -0.4 is 16.6 Å². The molecule has 0 amide bonds. The monoisotopic (exact) mass is 253 g/mol. The van der Waals surface area contributed by atoms with Crippen molar-refractivity contribution >= 4 is 11.6 Å². The number of nitrogens with one attached hydrogen (secondary N) is 2. The van der Waals surface area contributed by atoms with Gasteiger partial charge in [0.1, 0.15) is 17.5 Å². The first-order valence-electron chi connectivity index (χ1n) is 6.30. The molecular weight excluding hydrogens is 230 g/mol. The third-order valence-electron chi connectivity index (χ3n) is 2.95. The standard InChI is InChI=1S/C12H23N5O/c1-4-6-9-14-10(7-11(15-9)17-13)16-12(3,5-2)8-18/h7,18H,4-6,8,13H2,1-3H3,(H2,14,15,16,17). The van der Waals surface area contributed by atoms with E-state index in [0.717, 1.165) is 25.1 Å². The highest BCUT2D eigenvalue weighted by Gasteiger charge is 2.21. The van der Waals surface area contributed by atoms with Crippen molar-refractivity contribution in [1.29, 1.82) is 0 Å². The van der Waals surface area contributed by atoms with Gasteiger partial charge in [-0.25, -0.2) is 15.8 Å². The van der Waals surface area contributed by atoms with Crippen LogP contribution in [0.3, 0.4) is 0 Å². The number of anilines is 2. The van der Waals surface area contributed by atoms with Crippen LogP contribution in [0.5, 0.6) is 0 Å². The van der Waals surface area contributed by atoms with Crippen molar-refractivity contribution in [2.24, 2.45) is 5.84 Å². The summed E-state index contributed by atoms with van der Waals surface area (Å²) in [4.78, 5) is 8.70. The first-order valence-corrected chi connectivity index (χ1v) is 6.30. The van der Waals surface area contributed by atoms with Crippen LogP contribution in [0.1, 0.15) is 39.4 Å². The summed E-state index contributed by atoms with van der Waals surface area (Å²) in [7, 11) is 0. The van der Waals surface area contributed by atoms with Gasteiger partial charge in [0.15, 0.2) is 0 Å². The summed E-state index contributed by atoms with van der Waals surface area (Å²) in [6.45, 7) is 6.08. The summed E-state index contributed by atoms with van der Waals surface area (Å²) >= 11 is 0. The van der Waals surface area contributed by atoms with E-state index in [1.165, 1.54) is 0 Å². The molecule has 102 valence electrons. The normalized spacial score (nSPS) is 14.1. The van der Waals surface area contributed by atoms with Gasteiger partial charge in [-0.2, -0.15) is 0 Å². The molecule has 1 aromatic heterocycles. The van der Waals surface area contributed by atoms with Crippen LogP contribution in [-0.4, -0.2) is 27.2 Å². The largest absolute Gasteiger partial charge is 0.394 e. The van der Waals surface area contributed by atoms with E-state index in [9.17, 15) is 5.11 Å². The van der Waals surface area contributed by atoms with Gasteiger partial charge in [-0.15, -0.1) is 0 Å². The number of rotatable bonds is 7. The molecule has 0 fully saturated rings. The predicted molar refractivity (Wildman–Crippen MR) is 73.2 cm³/mol. The van der Waals surface area contributed by atoms with Gasteiger partial charge in [0.05, 0.1) is 12.1 Å². The molecule has 0 aromatic carbocycles. The first-order chi connectivity index (χ1) is 8.56. The lowest BCUT2D eigenvalue weighted by Crippen LogP contribution is -2.38. The van der Waals surface area contributed by atoms with E-state index < -0.39 is 0 Å². The zero-order valence-electron chi connectivity index (χ0n) is 11.3. The number of aliphatic hydroxyl groups excluding tert-OH is 1. The van der Waals surface area contributed by atoms with Gasteiger partial charge >= 0.3 is 0 Å².